The monoisotopic (exact) mass is 201 g/mol. The Morgan fingerprint density at radius 3 is 2.87 bits per heavy atom. The first-order chi connectivity index (χ1) is 7.06. The molecule has 1 fully saturated rings. The second-order valence-electron chi connectivity index (χ2n) is 5.25. The van der Waals surface area contributed by atoms with E-state index >= 15 is 0 Å². The van der Waals surface area contributed by atoms with E-state index in [0.29, 0.717) is 11.3 Å². The molecule has 1 atom stereocenters. The van der Waals surface area contributed by atoms with Crippen LogP contribution in [0.5, 0.6) is 0 Å². The highest BCUT2D eigenvalue weighted by atomic mass is 15.0. The van der Waals surface area contributed by atoms with Crippen LogP contribution < -0.4 is 0 Å². The van der Waals surface area contributed by atoms with Crippen LogP contribution in [0, 0.1) is 12.3 Å². The van der Waals surface area contributed by atoms with Crippen molar-refractivity contribution in [2.45, 2.75) is 33.1 Å². The number of imidazole rings is 1. The van der Waals surface area contributed by atoms with Crippen LogP contribution in [-0.4, -0.2) is 15.0 Å². The Bertz CT molecular complexity index is 525. The van der Waals surface area contributed by atoms with Crippen LogP contribution in [0.15, 0.2) is 12.3 Å². The number of H-pyrrole nitrogens is 1. The smallest absolute Gasteiger partial charge is 0.177 e. The SMILES string of the molecule is Cc1cnc2nc(C3CC3(C)C)[nH]c2c1. The van der Waals surface area contributed by atoms with Gasteiger partial charge in [-0.3, -0.25) is 0 Å². The van der Waals surface area contributed by atoms with Gasteiger partial charge >= 0.3 is 0 Å². The van der Waals surface area contributed by atoms with Crippen LogP contribution in [0.1, 0.15) is 37.6 Å². The predicted octanol–water partition coefficient (Wildman–Crippen LogP) is 2.78. The van der Waals surface area contributed by atoms with Gasteiger partial charge < -0.3 is 4.98 Å². The zero-order valence-corrected chi connectivity index (χ0v) is 9.33. The van der Waals surface area contributed by atoms with Crippen LogP contribution in [0.25, 0.3) is 11.2 Å². The fraction of sp³-hybridized carbons (Fsp3) is 0.500. The van der Waals surface area contributed by atoms with Crippen molar-refractivity contribution in [3.63, 3.8) is 0 Å². The highest BCUT2D eigenvalue weighted by Crippen LogP contribution is 2.57. The summed E-state index contributed by atoms with van der Waals surface area (Å²) in [6.07, 6.45) is 3.09. The summed E-state index contributed by atoms with van der Waals surface area (Å²) in [4.78, 5) is 12.2. The van der Waals surface area contributed by atoms with E-state index in [4.69, 9.17) is 0 Å². The molecule has 3 heteroatoms. The molecular weight excluding hydrogens is 186 g/mol. The lowest BCUT2D eigenvalue weighted by Gasteiger charge is -1.97. The Labute approximate surface area is 88.9 Å². The fourth-order valence-electron chi connectivity index (χ4n) is 2.12. The lowest BCUT2D eigenvalue weighted by molar-refractivity contribution is 0.611. The summed E-state index contributed by atoms with van der Waals surface area (Å²) >= 11 is 0. The molecule has 15 heavy (non-hydrogen) atoms. The van der Waals surface area contributed by atoms with E-state index in [1.807, 2.05) is 13.1 Å². The van der Waals surface area contributed by atoms with Gasteiger partial charge in [-0.15, -0.1) is 0 Å². The van der Waals surface area contributed by atoms with Gasteiger partial charge in [-0.2, -0.15) is 0 Å². The van der Waals surface area contributed by atoms with Gasteiger partial charge in [-0.05, 0) is 30.4 Å². The second-order valence-corrected chi connectivity index (χ2v) is 5.25. The first kappa shape index (κ1) is 8.89. The van der Waals surface area contributed by atoms with Gasteiger partial charge in [0.25, 0.3) is 0 Å². The first-order valence-electron chi connectivity index (χ1n) is 5.38. The van der Waals surface area contributed by atoms with Crippen LogP contribution in [0.2, 0.25) is 0 Å². The van der Waals surface area contributed by atoms with E-state index in [9.17, 15) is 0 Å². The second kappa shape index (κ2) is 2.60. The van der Waals surface area contributed by atoms with Crippen molar-refractivity contribution in [1.82, 2.24) is 15.0 Å². The van der Waals surface area contributed by atoms with Gasteiger partial charge in [0.05, 0.1) is 5.52 Å². The molecular formula is C12H15N3. The minimum absolute atomic E-state index is 0.420. The standard InChI is InChI=1S/C12H15N3/c1-7-4-9-11(13-6-7)15-10(14-9)8-5-12(8,2)3/h4,6,8H,5H2,1-3H3,(H,13,14,15). The lowest BCUT2D eigenvalue weighted by Crippen LogP contribution is -1.91. The Morgan fingerprint density at radius 1 is 1.47 bits per heavy atom. The minimum Gasteiger partial charge on any atom is -0.340 e. The largest absolute Gasteiger partial charge is 0.340 e. The maximum Gasteiger partial charge on any atom is 0.177 e. The maximum absolute atomic E-state index is 4.54. The number of aryl methyl sites for hydroxylation is 1. The number of nitrogens with one attached hydrogen (secondary N) is 1. The zero-order valence-electron chi connectivity index (χ0n) is 9.33. The third kappa shape index (κ3) is 1.34. The van der Waals surface area contributed by atoms with Crippen molar-refractivity contribution < 1.29 is 0 Å². The molecule has 1 aliphatic rings. The molecule has 2 heterocycles. The van der Waals surface area contributed by atoms with E-state index in [-0.39, 0.29) is 0 Å². The van der Waals surface area contributed by atoms with Crippen LogP contribution in [0.3, 0.4) is 0 Å². The van der Waals surface area contributed by atoms with E-state index in [1.165, 1.54) is 12.0 Å². The molecule has 0 radical (unpaired) electrons. The summed E-state index contributed by atoms with van der Waals surface area (Å²) in [6.45, 7) is 6.61. The number of pyridine rings is 1. The van der Waals surface area contributed by atoms with Gasteiger partial charge in [-0.25, -0.2) is 9.97 Å². The quantitative estimate of drug-likeness (QED) is 0.770. The molecule has 0 bridgehead atoms. The summed E-state index contributed by atoms with van der Waals surface area (Å²) < 4.78 is 0. The molecule has 3 nitrogen and oxygen atoms in total. The summed E-state index contributed by atoms with van der Waals surface area (Å²) in [5, 5.41) is 0. The van der Waals surface area contributed by atoms with E-state index < -0.39 is 0 Å². The van der Waals surface area contributed by atoms with Crippen LogP contribution in [0.4, 0.5) is 0 Å². The normalized spacial score (nSPS) is 23.3. The van der Waals surface area contributed by atoms with E-state index in [0.717, 1.165) is 17.0 Å². The highest BCUT2D eigenvalue weighted by molar-refractivity contribution is 5.71. The number of nitrogens with zero attached hydrogens (tertiary/aromatic N) is 2. The van der Waals surface area contributed by atoms with Crippen molar-refractivity contribution in [2.75, 3.05) is 0 Å². The van der Waals surface area contributed by atoms with Crippen molar-refractivity contribution >= 4 is 11.2 Å². The molecule has 0 aliphatic heterocycles. The van der Waals surface area contributed by atoms with Crippen LogP contribution in [-0.2, 0) is 0 Å². The molecule has 2 aromatic heterocycles. The number of rotatable bonds is 1. The predicted molar refractivity (Wildman–Crippen MR) is 59.8 cm³/mol. The van der Waals surface area contributed by atoms with Crippen molar-refractivity contribution in [2.24, 2.45) is 5.41 Å². The molecule has 0 saturated heterocycles. The molecule has 1 unspecified atom stereocenters. The first-order valence-corrected chi connectivity index (χ1v) is 5.38. The summed E-state index contributed by atoms with van der Waals surface area (Å²) in [5.74, 6) is 1.69. The number of hydrogen-bond acceptors (Lipinski definition) is 2. The number of hydrogen-bond donors (Lipinski definition) is 1. The lowest BCUT2D eigenvalue weighted by atomic mass is 10.1. The topological polar surface area (TPSA) is 41.6 Å². The van der Waals surface area contributed by atoms with Crippen molar-refractivity contribution in [1.29, 1.82) is 0 Å². The highest BCUT2D eigenvalue weighted by Gasteiger charge is 2.48. The van der Waals surface area contributed by atoms with E-state index in [1.54, 1.807) is 0 Å². The van der Waals surface area contributed by atoms with Gasteiger partial charge in [0, 0.05) is 12.1 Å². The molecule has 1 N–H and O–H groups in total. The molecule has 3 rings (SSSR count). The summed E-state index contributed by atoms with van der Waals surface area (Å²) in [6, 6.07) is 2.11. The molecule has 2 aromatic rings. The Hall–Kier alpha value is -1.38. The third-order valence-corrected chi connectivity index (χ3v) is 3.34. The Morgan fingerprint density at radius 2 is 2.20 bits per heavy atom. The van der Waals surface area contributed by atoms with Crippen molar-refractivity contribution in [3.05, 3.63) is 23.7 Å². The van der Waals surface area contributed by atoms with E-state index in [2.05, 4.69) is 34.9 Å². The molecule has 1 saturated carbocycles. The van der Waals surface area contributed by atoms with Gasteiger partial charge in [0.1, 0.15) is 5.82 Å². The van der Waals surface area contributed by atoms with Gasteiger partial charge in [0.2, 0.25) is 0 Å². The molecule has 0 amide bonds. The fourth-order valence-corrected chi connectivity index (χ4v) is 2.12. The molecule has 78 valence electrons. The van der Waals surface area contributed by atoms with Gasteiger partial charge in [-0.1, -0.05) is 13.8 Å². The average Bonchev–Trinajstić information content (AvgIpc) is 2.63. The zero-order chi connectivity index (χ0) is 10.6. The Kier molecular flexibility index (Phi) is 1.54. The van der Waals surface area contributed by atoms with Crippen LogP contribution >= 0.6 is 0 Å². The maximum atomic E-state index is 4.54. The average molecular weight is 201 g/mol. The summed E-state index contributed by atoms with van der Waals surface area (Å²) in [7, 11) is 0. The van der Waals surface area contributed by atoms with Crippen molar-refractivity contribution in [3.8, 4) is 0 Å². The minimum atomic E-state index is 0.420. The number of aromatic amines is 1. The third-order valence-electron chi connectivity index (χ3n) is 3.34. The van der Waals surface area contributed by atoms with Gasteiger partial charge in [0.15, 0.2) is 5.65 Å². The summed E-state index contributed by atoms with van der Waals surface area (Å²) in [5.41, 5.74) is 3.50. The Balaban J connectivity index is 2.08. The molecule has 0 aromatic carbocycles. The number of fused-ring (bicyclic) bond motifs is 1. The molecule has 1 aliphatic carbocycles. The number of aromatic nitrogens is 3. The molecule has 0 spiro atoms.